The molecule has 186 valence electrons. The van der Waals surface area contributed by atoms with Gasteiger partial charge in [-0.2, -0.15) is 0 Å². The molecule has 1 saturated heterocycles. The van der Waals surface area contributed by atoms with Crippen LogP contribution in [0.1, 0.15) is 68.8 Å². The molecule has 2 amide bonds. The minimum atomic E-state index is -0.690. The molecule has 1 aromatic heterocycles. The summed E-state index contributed by atoms with van der Waals surface area (Å²) in [5.41, 5.74) is 1.20. The molecule has 0 unspecified atom stereocenters. The summed E-state index contributed by atoms with van der Waals surface area (Å²) in [5.74, 6) is 0.0853. The van der Waals surface area contributed by atoms with Crippen molar-refractivity contribution in [2.45, 2.75) is 70.4 Å². The number of carbonyl (C=O) groups excluding carboxylic acids is 4. The zero-order valence-electron chi connectivity index (χ0n) is 20.4. The number of fused-ring (bicyclic) bond motifs is 1. The first kappa shape index (κ1) is 23.6. The Morgan fingerprint density at radius 3 is 2.74 bits per heavy atom. The Kier molecular flexibility index (Phi) is 6.15. The number of H-pyrrole nitrogens is 1. The van der Waals surface area contributed by atoms with E-state index in [1.54, 1.807) is 25.0 Å². The number of amides is 2. The highest BCUT2D eigenvalue weighted by Crippen LogP contribution is 2.55. The average Bonchev–Trinajstić information content (AvgIpc) is 3.16. The molecule has 8 heteroatoms. The number of aromatic amines is 1. The number of benzene rings is 1. The summed E-state index contributed by atoms with van der Waals surface area (Å²) in [7, 11) is 1.59. The number of ketones is 2. The molecule has 1 spiro atoms. The molecule has 2 N–H and O–H groups in total. The van der Waals surface area contributed by atoms with Crippen molar-refractivity contribution in [3.63, 3.8) is 0 Å². The Morgan fingerprint density at radius 2 is 2.09 bits per heavy atom. The van der Waals surface area contributed by atoms with Gasteiger partial charge in [0.15, 0.2) is 5.78 Å². The maximum atomic E-state index is 13.6. The van der Waals surface area contributed by atoms with Gasteiger partial charge in [0.2, 0.25) is 5.91 Å². The van der Waals surface area contributed by atoms with Crippen molar-refractivity contribution >= 4 is 34.3 Å². The Hall–Kier alpha value is -3.16. The van der Waals surface area contributed by atoms with Gasteiger partial charge in [0.05, 0.1) is 13.2 Å². The first-order valence-electron chi connectivity index (χ1n) is 12.7. The van der Waals surface area contributed by atoms with E-state index < -0.39 is 12.1 Å². The molecule has 1 aliphatic heterocycles. The van der Waals surface area contributed by atoms with E-state index in [-0.39, 0.29) is 34.7 Å². The normalized spacial score (nSPS) is 23.6. The van der Waals surface area contributed by atoms with Crippen LogP contribution < -0.4 is 10.1 Å². The van der Waals surface area contributed by atoms with Crippen LogP contribution in [-0.4, -0.2) is 59.0 Å². The van der Waals surface area contributed by atoms with E-state index in [1.165, 1.54) is 0 Å². The van der Waals surface area contributed by atoms with Crippen molar-refractivity contribution in [2.24, 2.45) is 11.3 Å². The Balaban J connectivity index is 1.36. The number of rotatable bonds is 8. The SMILES string of the molecule is CCC(=O)[C@H](C[C@@H]1CCCC1=O)NC(=O)[C@@H]1CC2(CC2)CN1C(=O)c1cc2c(OC)cccc2[nH]1. The van der Waals surface area contributed by atoms with E-state index >= 15 is 0 Å². The highest BCUT2D eigenvalue weighted by atomic mass is 16.5. The number of methoxy groups -OCH3 is 1. The van der Waals surface area contributed by atoms with E-state index in [0.29, 0.717) is 43.7 Å². The van der Waals surface area contributed by atoms with E-state index in [4.69, 9.17) is 4.74 Å². The number of ether oxygens (including phenoxy) is 1. The molecule has 2 saturated carbocycles. The highest BCUT2D eigenvalue weighted by molar-refractivity contribution is 6.02. The van der Waals surface area contributed by atoms with Crippen LogP contribution in [0.3, 0.4) is 0 Å². The largest absolute Gasteiger partial charge is 0.496 e. The third-order valence-electron chi connectivity index (χ3n) is 8.11. The number of nitrogens with one attached hydrogen (secondary N) is 2. The molecule has 5 rings (SSSR count). The molecule has 2 heterocycles. The molecule has 3 aliphatic rings. The van der Waals surface area contributed by atoms with Crippen molar-refractivity contribution in [1.29, 1.82) is 0 Å². The molecule has 3 atom stereocenters. The predicted octanol–water partition coefficient (Wildman–Crippen LogP) is 3.39. The van der Waals surface area contributed by atoms with Gasteiger partial charge in [0.1, 0.15) is 23.3 Å². The summed E-state index contributed by atoms with van der Waals surface area (Å²) in [6, 6.07) is 6.04. The molecule has 35 heavy (non-hydrogen) atoms. The summed E-state index contributed by atoms with van der Waals surface area (Å²) < 4.78 is 5.42. The third kappa shape index (κ3) is 4.46. The predicted molar refractivity (Wildman–Crippen MR) is 130 cm³/mol. The molecule has 1 aromatic carbocycles. The van der Waals surface area contributed by atoms with Crippen LogP contribution in [0.4, 0.5) is 0 Å². The van der Waals surface area contributed by atoms with Crippen molar-refractivity contribution in [1.82, 2.24) is 15.2 Å². The molecule has 2 aliphatic carbocycles. The quantitative estimate of drug-likeness (QED) is 0.603. The highest BCUT2D eigenvalue weighted by Gasteiger charge is 2.55. The van der Waals surface area contributed by atoms with Crippen molar-refractivity contribution in [2.75, 3.05) is 13.7 Å². The molecular formula is C27H33N3O5. The van der Waals surface area contributed by atoms with Crippen molar-refractivity contribution < 1.29 is 23.9 Å². The van der Waals surface area contributed by atoms with E-state index in [0.717, 1.165) is 36.6 Å². The standard InChI is InChI=1S/C27H33N3O5/c1-3-22(31)19(12-16-6-4-8-23(16)32)29-25(33)21-14-27(10-11-27)15-30(21)26(34)20-13-17-18(28-20)7-5-9-24(17)35-2/h5,7,9,13,16,19,21,28H,3-4,6,8,10-12,14-15H2,1-2H3,(H,29,33)/t16-,19-,21-/m0/s1. The van der Waals surface area contributed by atoms with Crippen molar-refractivity contribution in [3.05, 3.63) is 30.0 Å². The lowest BCUT2D eigenvalue weighted by molar-refractivity contribution is -0.131. The van der Waals surface area contributed by atoms with Crippen LogP contribution in [0.5, 0.6) is 5.75 Å². The van der Waals surface area contributed by atoms with Crippen LogP contribution in [0.25, 0.3) is 10.9 Å². The van der Waals surface area contributed by atoms with Crippen LogP contribution in [-0.2, 0) is 14.4 Å². The number of carbonyl (C=O) groups is 4. The number of aromatic nitrogens is 1. The van der Waals surface area contributed by atoms with E-state index in [9.17, 15) is 19.2 Å². The van der Waals surface area contributed by atoms with Gasteiger partial charge in [0, 0.05) is 36.2 Å². The minimum Gasteiger partial charge on any atom is -0.496 e. The molecule has 8 nitrogen and oxygen atoms in total. The number of hydrogen-bond acceptors (Lipinski definition) is 5. The number of hydrogen-bond donors (Lipinski definition) is 2. The lowest BCUT2D eigenvalue weighted by Crippen LogP contribution is -2.51. The zero-order chi connectivity index (χ0) is 24.7. The second-order valence-electron chi connectivity index (χ2n) is 10.4. The maximum Gasteiger partial charge on any atom is 0.271 e. The van der Waals surface area contributed by atoms with Gasteiger partial charge in [-0.15, -0.1) is 0 Å². The fourth-order valence-electron chi connectivity index (χ4n) is 5.83. The second kappa shape index (κ2) is 9.13. The van der Waals surface area contributed by atoms with Crippen LogP contribution in [0.15, 0.2) is 24.3 Å². The molecule has 2 aromatic rings. The van der Waals surface area contributed by atoms with Crippen LogP contribution in [0, 0.1) is 11.3 Å². The number of likely N-dealkylation sites (tertiary alicyclic amines) is 1. The van der Waals surface area contributed by atoms with Gasteiger partial charge in [-0.05, 0) is 62.1 Å². The second-order valence-corrected chi connectivity index (χ2v) is 10.4. The Labute approximate surface area is 204 Å². The van der Waals surface area contributed by atoms with Crippen LogP contribution in [0.2, 0.25) is 0 Å². The summed E-state index contributed by atoms with van der Waals surface area (Å²) in [4.78, 5) is 56.8. The first-order chi connectivity index (χ1) is 16.8. The van der Waals surface area contributed by atoms with E-state index in [2.05, 4.69) is 10.3 Å². The number of Topliss-reactive ketones (excluding diaryl/α,β-unsaturated/α-hetero) is 2. The lowest BCUT2D eigenvalue weighted by atomic mass is 9.93. The van der Waals surface area contributed by atoms with Gasteiger partial charge >= 0.3 is 0 Å². The van der Waals surface area contributed by atoms with E-state index in [1.807, 2.05) is 18.2 Å². The third-order valence-corrected chi connectivity index (χ3v) is 8.11. The molecular weight excluding hydrogens is 446 g/mol. The minimum absolute atomic E-state index is 0.00689. The van der Waals surface area contributed by atoms with Crippen LogP contribution >= 0.6 is 0 Å². The summed E-state index contributed by atoms with van der Waals surface area (Å²) in [5, 5.41) is 3.75. The van der Waals surface area contributed by atoms with Gasteiger partial charge in [-0.1, -0.05) is 13.0 Å². The molecule has 0 radical (unpaired) electrons. The van der Waals surface area contributed by atoms with Gasteiger partial charge in [-0.3, -0.25) is 19.2 Å². The van der Waals surface area contributed by atoms with Crippen molar-refractivity contribution in [3.8, 4) is 5.75 Å². The Bertz CT molecular complexity index is 1180. The fraction of sp³-hybridized carbons (Fsp3) is 0.556. The molecule has 3 fully saturated rings. The smallest absolute Gasteiger partial charge is 0.271 e. The fourth-order valence-corrected chi connectivity index (χ4v) is 5.83. The molecule has 0 bridgehead atoms. The summed E-state index contributed by atoms with van der Waals surface area (Å²) in [6.07, 6.45) is 5.39. The topological polar surface area (TPSA) is 109 Å². The monoisotopic (exact) mass is 479 g/mol. The first-order valence-corrected chi connectivity index (χ1v) is 12.7. The summed E-state index contributed by atoms with van der Waals surface area (Å²) >= 11 is 0. The lowest BCUT2D eigenvalue weighted by Gasteiger charge is -2.26. The number of nitrogens with zero attached hydrogens (tertiary/aromatic N) is 1. The maximum absolute atomic E-state index is 13.6. The Morgan fingerprint density at radius 1 is 1.29 bits per heavy atom. The zero-order valence-corrected chi connectivity index (χ0v) is 20.4. The summed E-state index contributed by atoms with van der Waals surface area (Å²) in [6.45, 7) is 2.30. The van der Waals surface area contributed by atoms with Gasteiger partial charge in [-0.25, -0.2) is 0 Å². The van der Waals surface area contributed by atoms with Gasteiger partial charge in [0.25, 0.3) is 5.91 Å². The van der Waals surface area contributed by atoms with Gasteiger partial charge < -0.3 is 19.9 Å². The average molecular weight is 480 g/mol.